The lowest BCUT2D eigenvalue weighted by molar-refractivity contribution is -0.136. The first-order chi connectivity index (χ1) is 8.22. The van der Waals surface area contributed by atoms with Crippen molar-refractivity contribution in [1.29, 1.82) is 0 Å². The topological polar surface area (TPSA) is 75.4 Å². The standard InChI is InChI=1S/C12H23N3O2S/c1-6-12(7-2,10(13)18)11(17)14-8(3)9(16)15(4)5/h8H,6-7H2,1-5H3,(H2,13,18)(H,14,17). The monoisotopic (exact) mass is 273 g/mol. The van der Waals surface area contributed by atoms with Crippen LogP contribution in [0.2, 0.25) is 0 Å². The lowest BCUT2D eigenvalue weighted by Crippen LogP contribution is -2.53. The Kier molecular flexibility index (Phi) is 6.25. The van der Waals surface area contributed by atoms with Crippen molar-refractivity contribution < 1.29 is 9.59 Å². The number of nitrogens with two attached hydrogens (primary N) is 1. The minimum absolute atomic E-state index is 0.160. The normalized spacial score (nSPS) is 12.7. The maximum Gasteiger partial charge on any atom is 0.244 e. The quantitative estimate of drug-likeness (QED) is 0.698. The van der Waals surface area contributed by atoms with Gasteiger partial charge in [0.1, 0.15) is 6.04 Å². The van der Waals surface area contributed by atoms with Crippen LogP contribution in [0.4, 0.5) is 0 Å². The number of rotatable bonds is 6. The molecule has 2 amide bonds. The summed E-state index contributed by atoms with van der Waals surface area (Å²) in [5.74, 6) is -0.435. The SMILES string of the molecule is CCC(CC)(C(=O)NC(C)C(=O)N(C)C)C(N)=S. The van der Waals surface area contributed by atoms with Crippen LogP contribution in [0.15, 0.2) is 0 Å². The first kappa shape index (κ1) is 16.8. The molecule has 18 heavy (non-hydrogen) atoms. The van der Waals surface area contributed by atoms with Crippen LogP contribution in [0.5, 0.6) is 0 Å². The molecule has 3 N–H and O–H groups in total. The van der Waals surface area contributed by atoms with Gasteiger partial charge in [0, 0.05) is 14.1 Å². The molecule has 0 aliphatic carbocycles. The van der Waals surface area contributed by atoms with E-state index in [-0.39, 0.29) is 16.8 Å². The summed E-state index contributed by atoms with van der Waals surface area (Å²) >= 11 is 5.00. The molecule has 1 unspecified atom stereocenters. The van der Waals surface area contributed by atoms with E-state index in [0.717, 1.165) is 0 Å². The van der Waals surface area contributed by atoms with Gasteiger partial charge in [0.05, 0.1) is 10.4 Å². The highest BCUT2D eigenvalue weighted by Crippen LogP contribution is 2.27. The third kappa shape index (κ3) is 3.41. The second kappa shape index (κ2) is 6.68. The highest BCUT2D eigenvalue weighted by Gasteiger charge is 2.39. The van der Waals surface area contributed by atoms with Crippen molar-refractivity contribution in [1.82, 2.24) is 10.2 Å². The summed E-state index contributed by atoms with van der Waals surface area (Å²) in [6.07, 6.45) is 1.04. The summed E-state index contributed by atoms with van der Waals surface area (Å²) in [4.78, 5) is 25.6. The first-order valence-corrected chi connectivity index (χ1v) is 6.45. The zero-order valence-electron chi connectivity index (χ0n) is 11.7. The average molecular weight is 273 g/mol. The van der Waals surface area contributed by atoms with Gasteiger partial charge in [-0.3, -0.25) is 9.59 Å². The fourth-order valence-electron chi connectivity index (χ4n) is 1.82. The van der Waals surface area contributed by atoms with Gasteiger partial charge >= 0.3 is 0 Å². The van der Waals surface area contributed by atoms with E-state index < -0.39 is 11.5 Å². The third-order valence-corrected chi connectivity index (χ3v) is 3.66. The molecule has 0 fully saturated rings. The van der Waals surface area contributed by atoms with Crippen LogP contribution in [0.3, 0.4) is 0 Å². The van der Waals surface area contributed by atoms with Crippen LogP contribution >= 0.6 is 12.2 Å². The Labute approximate surface area is 114 Å². The van der Waals surface area contributed by atoms with E-state index in [1.54, 1.807) is 21.0 Å². The van der Waals surface area contributed by atoms with Gasteiger partial charge < -0.3 is 16.0 Å². The van der Waals surface area contributed by atoms with Crippen LogP contribution in [0.1, 0.15) is 33.6 Å². The summed E-state index contributed by atoms with van der Waals surface area (Å²) < 4.78 is 0. The molecule has 104 valence electrons. The number of amides is 2. The Morgan fingerprint density at radius 3 is 2.06 bits per heavy atom. The van der Waals surface area contributed by atoms with Crippen molar-refractivity contribution in [3.63, 3.8) is 0 Å². The van der Waals surface area contributed by atoms with Gasteiger partial charge in [0.2, 0.25) is 11.8 Å². The lowest BCUT2D eigenvalue weighted by atomic mass is 9.81. The maximum absolute atomic E-state index is 12.3. The molecule has 0 saturated carbocycles. The molecule has 0 bridgehead atoms. The first-order valence-electron chi connectivity index (χ1n) is 6.05. The molecule has 0 heterocycles. The van der Waals surface area contributed by atoms with Gasteiger partial charge in [-0.05, 0) is 19.8 Å². The molecular weight excluding hydrogens is 250 g/mol. The van der Waals surface area contributed by atoms with Gasteiger partial charge in [-0.2, -0.15) is 0 Å². The Morgan fingerprint density at radius 1 is 1.33 bits per heavy atom. The van der Waals surface area contributed by atoms with E-state index in [1.165, 1.54) is 4.90 Å². The minimum Gasteiger partial charge on any atom is -0.392 e. The molecule has 0 aliphatic rings. The summed E-state index contributed by atoms with van der Waals surface area (Å²) in [6, 6.07) is -0.584. The summed E-state index contributed by atoms with van der Waals surface area (Å²) in [6.45, 7) is 5.37. The van der Waals surface area contributed by atoms with E-state index in [2.05, 4.69) is 5.32 Å². The molecule has 0 spiro atoms. The molecule has 0 radical (unpaired) electrons. The summed E-state index contributed by atoms with van der Waals surface area (Å²) in [7, 11) is 3.29. The van der Waals surface area contributed by atoms with Crippen LogP contribution < -0.4 is 11.1 Å². The number of thiocarbonyl (C=S) groups is 1. The van der Waals surface area contributed by atoms with Crippen molar-refractivity contribution >= 4 is 29.0 Å². The van der Waals surface area contributed by atoms with Crippen molar-refractivity contribution in [3.8, 4) is 0 Å². The summed E-state index contributed by atoms with van der Waals surface area (Å²) in [5.41, 5.74) is 4.82. The zero-order chi connectivity index (χ0) is 14.5. The smallest absolute Gasteiger partial charge is 0.244 e. The average Bonchev–Trinajstić information content (AvgIpc) is 2.29. The molecule has 0 aromatic rings. The number of carbonyl (C=O) groups is 2. The van der Waals surface area contributed by atoms with Gasteiger partial charge in [-0.15, -0.1) is 0 Å². The van der Waals surface area contributed by atoms with E-state index in [0.29, 0.717) is 12.8 Å². The van der Waals surface area contributed by atoms with Crippen molar-refractivity contribution in [2.24, 2.45) is 11.1 Å². The van der Waals surface area contributed by atoms with Crippen LogP contribution in [-0.4, -0.2) is 41.8 Å². The fourth-order valence-corrected chi connectivity index (χ4v) is 2.20. The van der Waals surface area contributed by atoms with Gasteiger partial charge in [0.15, 0.2) is 0 Å². The fraction of sp³-hybridized carbons (Fsp3) is 0.750. The molecule has 1 atom stereocenters. The van der Waals surface area contributed by atoms with Crippen molar-refractivity contribution in [3.05, 3.63) is 0 Å². The number of carbonyl (C=O) groups excluding carboxylic acids is 2. The van der Waals surface area contributed by atoms with Crippen molar-refractivity contribution in [2.45, 2.75) is 39.7 Å². The number of nitrogens with one attached hydrogen (secondary N) is 1. The second-order valence-electron chi connectivity index (χ2n) is 4.58. The largest absolute Gasteiger partial charge is 0.392 e. The van der Waals surface area contributed by atoms with Gasteiger partial charge in [-0.25, -0.2) is 0 Å². The number of hydrogen-bond donors (Lipinski definition) is 2. The molecule has 0 aliphatic heterocycles. The highest BCUT2D eigenvalue weighted by molar-refractivity contribution is 7.80. The number of hydrogen-bond acceptors (Lipinski definition) is 3. The van der Waals surface area contributed by atoms with Crippen LogP contribution in [-0.2, 0) is 9.59 Å². The van der Waals surface area contributed by atoms with Crippen LogP contribution in [0, 0.1) is 5.41 Å². The molecule has 0 aromatic carbocycles. The van der Waals surface area contributed by atoms with Crippen LogP contribution in [0.25, 0.3) is 0 Å². The minimum atomic E-state index is -0.865. The zero-order valence-corrected chi connectivity index (χ0v) is 12.6. The third-order valence-electron chi connectivity index (χ3n) is 3.27. The predicted octanol–water partition coefficient (Wildman–Crippen LogP) is 0.672. The van der Waals surface area contributed by atoms with E-state index in [1.807, 2.05) is 13.8 Å². The van der Waals surface area contributed by atoms with Crippen molar-refractivity contribution in [2.75, 3.05) is 14.1 Å². The molecule has 0 rings (SSSR count). The highest BCUT2D eigenvalue weighted by atomic mass is 32.1. The Hall–Kier alpha value is -1.17. The van der Waals surface area contributed by atoms with E-state index >= 15 is 0 Å². The molecule has 5 nitrogen and oxygen atoms in total. The Balaban J connectivity index is 4.94. The second-order valence-corrected chi connectivity index (χ2v) is 5.02. The molecule has 6 heteroatoms. The van der Waals surface area contributed by atoms with Gasteiger partial charge in [0.25, 0.3) is 0 Å². The van der Waals surface area contributed by atoms with E-state index in [9.17, 15) is 9.59 Å². The van der Waals surface area contributed by atoms with E-state index in [4.69, 9.17) is 18.0 Å². The Bertz CT molecular complexity index is 338. The predicted molar refractivity (Wildman–Crippen MR) is 76.1 cm³/mol. The number of nitrogens with zero attached hydrogens (tertiary/aromatic N) is 1. The maximum atomic E-state index is 12.3. The molecule has 0 saturated heterocycles. The van der Waals surface area contributed by atoms with Gasteiger partial charge in [-0.1, -0.05) is 26.1 Å². The Morgan fingerprint density at radius 2 is 1.78 bits per heavy atom. The lowest BCUT2D eigenvalue weighted by Gasteiger charge is -2.30. The number of likely N-dealkylation sites (N-methyl/N-ethyl adjacent to an activating group) is 1. The summed E-state index contributed by atoms with van der Waals surface area (Å²) in [5, 5.41) is 2.69. The molecule has 0 aromatic heterocycles. The molecular formula is C12H23N3O2S.